The molecule has 0 aromatic rings. The zero-order valence-corrected chi connectivity index (χ0v) is 18.1. The molecule has 154 valence electrons. The van der Waals surface area contributed by atoms with Crippen LogP contribution in [-0.4, -0.2) is 25.2 Å². The second-order valence-electron chi connectivity index (χ2n) is 7.85. The van der Waals surface area contributed by atoms with E-state index in [9.17, 15) is 9.59 Å². The number of unbranched alkanes of at least 4 members (excludes halogenated alkanes) is 6. The van der Waals surface area contributed by atoms with Gasteiger partial charge in [0, 0.05) is 6.42 Å². The van der Waals surface area contributed by atoms with Gasteiger partial charge in [-0.25, -0.2) is 0 Å². The number of carbonyl (C=O) groups is 2. The molecular formula is C22H42O4. The Labute approximate surface area is 161 Å². The van der Waals surface area contributed by atoms with E-state index in [0.717, 1.165) is 38.5 Å². The molecule has 0 spiro atoms. The molecule has 0 saturated heterocycles. The summed E-state index contributed by atoms with van der Waals surface area (Å²) in [4.78, 5) is 23.9. The minimum Gasteiger partial charge on any atom is -0.466 e. The van der Waals surface area contributed by atoms with Gasteiger partial charge in [0.25, 0.3) is 0 Å². The Hall–Kier alpha value is -1.06. The van der Waals surface area contributed by atoms with Gasteiger partial charge in [-0.05, 0) is 38.5 Å². The number of hydrogen-bond donors (Lipinski definition) is 0. The molecule has 0 aliphatic rings. The number of ether oxygens (including phenoxy) is 2. The summed E-state index contributed by atoms with van der Waals surface area (Å²) >= 11 is 0. The maximum Gasteiger partial charge on any atom is 0.312 e. The first-order valence-corrected chi connectivity index (χ1v) is 10.7. The highest BCUT2D eigenvalue weighted by Gasteiger charge is 2.44. The predicted octanol–water partition coefficient (Wildman–Crippen LogP) is 5.92. The van der Waals surface area contributed by atoms with E-state index in [2.05, 4.69) is 27.7 Å². The Bertz CT molecular complexity index is 380. The Morgan fingerprint density at radius 2 is 1.19 bits per heavy atom. The maximum absolute atomic E-state index is 12.6. The lowest BCUT2D eigenvalue weighted by Gasteiger charge is -2.39. The standard InChI is InChI=1S/C22H42O4/c1-7-25-20(23)16-14-12-10-9-11-13-15-17-22(18(3)4,19(5)6)21(24)26-8-2/h18-19H,7-17H2,1-6H3. The Balaban J connectivity index is 4.10. The van der Waals surface area contributed by atoms with E-state index in [1.807, 2.05) is 13.8 Å². The van der Waals surface area contributed by atoms with Crippen molar-refractivity contribution in [3.05, 3.63) is 0 Å². The van der Waals surface area contributed by atoms with Crippen LogP contribution in [0.1, 0.15) is 99.3 Å². The summed E-state index contributed by atoms with van der Waals surface area (Å²) in [5, 5.41) is 0. The molecular weight excluding hydrogens is 328 g/mol. The predicted molar refractivity (Wildman–Crippen MR) is 107 cm³/mol. The van der Waals surface area contributed by atoms with Gasteiger partial charge in [-0.1, -0.05) is 66.2 Å². The highest BCUT2D eigenvalue weighted by atomic mass is 16.5. The summed E-state index contributed by atoms with van der Waals surface area (Å²) in [6.45, 7) is 13.2. The lowest BCUT2D eigenvalue weighted by Crippen LogP contribution is -2.42. The van der Waals surface area contributed by atoms with Crippen LogP contribution in [0.4, 0.5) is 0 Å². The topological polar surface area (TPSA) is 52.6 Å². The second-order valence-corrected chi connectivity index (χ2v) is 7.85. The van der Waals surface area contributed by atoms with Gasteiger partial charge < -0.3 is 9.47 Å². The van der Waals surface area contributed by atoms with Gasteiger partial charge in [-0.3, -0.25) is 9.59 Å². The van der Waals surface area contributed by atoms with Crippen LogP contribution >= 0.6 is 0 Å². The normalized spacial score (nSPS) is 11.8. The highest BCUT2D eigenvalue weighted by Crippen LogP contribution is 2.42. The monoisotopic (exact) mass is 370 g/mol. The summed E-state index contributed by atoms with van der Waals surface area (Å²) in [7, 11) is 0. The summed E-state index contributed by atoms with van der Waals surface area (Å²) in [6, 6.07) is 0. The van der Waals surface area contributed by atoms with Crippen LogP contribution in [0.2, 0.25) is 0 Å². The number of esters is 2. The van der Waals surface area contributed by atoms with Gasteiger partial charge in [0.1, 0.15) is 0 Å². The molecule has 0 aliphatic carbocycles. The fourth-order valence-corrected chi connectivity index (χ4v) is 3.89. The number of hydrogen-bond acceptors (Lipinski definition) is 4. The number of rotatable bonds is 15. The van der Waals surface area contributed by atoms with Crippen molar-refractivity contribution in [1.29, 1.82) is 0 Å². The molecule has 0 aromatic heterocycles. The third-order valence-electron chi connectivity index (χ3n) is 5.49. The van der Waals surface area contributed by atoms with E-state index < -0.39 is 0 Å². The largest absolute Gasteiger partial charge is 0.466 e. The quantitative estimate of drug-likeness (QED) is 0.265. The van der Waals surface area contributed by atoms with Crippen molar-refractivity contribution in [2.45, 2.75) is 99.3 Å². The molecule has 4 nitrogen and oxygen atoms in total. The Kier molecular flexibility index (Phi) is 13.5. The van der Waals surface area contributed by atoms with E-state index in [1.54, 1.807) is 0 Å². The second kappa shape index (κ2) is 14.1. The smallest absolute Gasteiger partial charge is 0.312 e. The number of carbonyl (C=O) groups excluding carboxylic acids is 2. The molecule has 26 heavy (non-hydrogen) atoms. The third-order valence-corrected chi connectivity index (χ3v) is 5.49. The van der Waals surface area contributed by atoms with Crippen molar-refractivity contribution in [1.82, 2.24) is 0 Å². The molecule has 0 atom stereocenters. The van der Waals surface area contributed by atoms with Crippen molar-refractivity contribution >= 4 is 11.9 Å². The van der Waals surface area contributed by atoms with E-state index in [-0.39, 0.29) is 29.2 Å². The first-order chi connectivity index (χ1) is 12.3. The van der Waals surface area contributed by atoms with Gasteiger partial charge in [0.05, 0.1) is 18.6 Å². The molecule has 0 saturated carbocycles. The molecule has 0 aromatic carbocycles. The van der Waals surface area contributed by atoms with Crippen LogP contribution in [0.3, 0.4) is 0 Å². The fourth-order valence-electron chi connectivity index (χ4n) is 3.89. The molecule has 0 rings (SSSR count). The molecule has 0 amide bonds. The van der Waals surface area contributed by atoms with Crippen LogP contribution in [0.5, 0.6) is 0 Å². The van der Waals surface area contributed by atoms with Crippen molar-refractivity contribution in [3.8, 4) is 0 Å². The maximum atomic E-state index is 12.6. The van der Waals surface area contributed by atoms with Crippen LogP contribution in [0.15, 0.2) is 0 Å². The van der Waals surface area contributed by atoms with Gasteiger partial charge in [0.2, 0.25) is 0 Å². The average molecular weight is 371 g/mol. The van der Waals surface area contributed by atoms with Gasteiger partial charge in [0.15, 0.2) is 0 Å². The van der Waals surface area contributed by atoms with Gasteiger partial charge >= 0.3 is 11.9 Å². The Morgan fingerprint density at radius 3 is 1.65 bits per heavy atom. The molecule has 0 aliphatic heterocycles. The van der Waals surface area contributed by atoms with Crippen molar-refractivity contribution in [3.63, 3.8) is 0 Å². The third kappa shape index (κ3) is 8.55. The minimum absolute atomic E-state index is 0.0241. The fraction of sp³-hybridized carbons (Fsp3) is 0.909. The minimum atomic E-state index is -0.365. The molecule has 0 N–H and O–H groups in total. The first kappa shape index (κ1) is 24.9. The zero-order chi connectivity index (χ0) is 20.0. The lowest BCUT2D eigenvalue weighted by molar-refractivity contribution is -0.163. The highest BCUT2D eigenvalue weighted by molar-refractivity contribution is 5.77. The molecule has 0 bridgehead atoms. The Morgan fingerprint density at radius 1 is 0.731 bits per heavy atom. The van der Waals surface area contributed by atoms with Crippen LogP contribution in [-0.2, 0) is 19.1 Å². The van der Waals surface area contributed by atoms with Crippen molar-refractivity contribution in [2.24, 2.45) is 17.3 Å². The van der Waals surface area contributed by atoms with Crippen LogP contribution in [0, 0.1) is 17.3 Å². The first-order valence-electron chi connectivity index (χ1n) is 10.7. The zero-order valence-electron chi connectivity index (χ0n) is 18.1. The average Bonchev–Trinajstić information content (AvgIpc) is 2.56. The SMILES string of the molecule is CCOC(=O)CCCCCCCCCC(C(=O)OCC)(C(C)C)C(C)C. The van der Waals surface area contributed by atoms with E-state index in [0.29, 0.717) is 19.6 Å². The van der Waals surface area contributed by atoms with Gasteiger partial charge in [-0.15, -0.1) is 0 Å². The molecule has 0 fully saturated rings. The lowest BCUT2D eigenvalue weighted by atomic mass is 9.66. The van der Waals surface area contributed by atoms with E-state index in [4.69, 9.17) is 9.47 Å². The summed E-state index contributed by atoms with van der Waals surface area (Å²) < 4.78 is 10.3. The summed E-state index contributed by atoms with van der Waals surface area (Å²) in [5.41, 5.74) is -0.365. The molecule has 4 heteroatoms. The molecule has 0 radical (unpaired) electrons. The van der Waals surface area contributed by atoms with E-state index >= 15 is 0 Å². The van der Waals surface area contributed by atoms with Crippen molar-refractivity contribution in [2.75, 3.05) is 13.2 Å². The van der Waals surface area contributed by atoms with E-state index in [1.165, 1.54) is 12.8 Å². The molecule has 0 unspecified atom stereocenters. The summed E-state index contributed by atoms with van der Waals surface area (Å²) in [6.07, 6.45) is 9.22. The summed E-state index contributed by atoms with van der Waals surface area (Å²) in [5.74, 6) is 0.461. The molecule has 0 heterocycles. The van der Waals surface area contributed by atoms with Crippen molar-refractivity contribution < 1.29 is 19.1 Å². The van der Waals surface area contributed by atoms with Gasteiger partial charge in [-0.2, -0.15) is 0 Å². The van der Waals surface area contributed by atoms with Crippen LogP contribution < -0.4 is 0 Å². The van der Waals surface area contributed by atoms with Crippen LogP contribution in [0.25, 0.3) is 0 Å².